The molecule has 0 atom stereocenters. The van der Waals surface area contributed by atoms with Crippen molar-refractivity contribution in [1.29, 1.82) is 0 Å². The van der Waals surface area contributed by atoms with Crippen molar-refractivity contribution in [2.45, 2.75) is 13.3 Å². The van der Waals surface area contributed by atoms with Gasteiger partial charge in [0, 0.05) is 11.9 Å². The van der Waals surface area contributed by atoms with E-state index >= 15 is 0 Å². The molecule has 27 heavy (non-hydrogen) atoms. The number of rotatable bonds is 4. The van der Waals surface area contributed by atoms with Crippen LogP contribution in [0.1, 0.15) is 12.6 Å². The van der Waals surface area contributed by atoms with E-state index in [1.807, 2.05) is 40.8 Å². The molecule has 0 unspecified atom stereocenters. The van der Waals surface area contributed by atoms with Crippen LogP contribution < -0.4 is 11.1 Å². The number of aromatic nitrogens is 3. The molecular weight excluding hydrogens is 365 g/mol. The lowest BCUT2D eigenvalue weighted by Gasteiger charge is -2.13. The number of para-hydroxylation sites is 2. The molecule has 0 amide bonds. The maximum atomic E-state index is 14.6. The Labute approximate surface area is 160 Å². The fraction of sp³-hybridized carbons (Fsp3) is 0.100. The first-order chi connectivity index (χ1) is 13.1. The number of anilines is 3. The number of nitrogens with two attached hydrogens (primary N) is 1. The van der Waals surface area contributed by atoms with Gasteiger partial charge in [-0.15, -0.1) is 0 Å². The third-order valence-corrected chi connectivity index (χ3v) is 4.68. The molecule has 3 N–H and O–H groups in total. The van der Waals surface area contributed by atoms with Crippen molar-refractivity contribution in [2.24, 2.45) is 0 Å². The van der Waals surface area contributed by atoms with Crippen LogP contribution in [0.3, 0.4) is 0 Å². The first-order valence-corrected chi connectivity index (χ1v) is 8.89. The van der Waals surface area contributed by atoms with Gasteiger partial charge in [-0.2, -0.15) is 0 Å². The molecule has 0 aliphatic heterocycles. The summed E-state index contributed by atoms with van der Waals surface area (Å²) in [5.41, 5.74) is 9.70. The smallest absolute Gasteiger partial charge is 0.152 e. The van der Waals surface area contributed by atoms with Crippen LogP contribution in [0.2, 0.25) is 5.02 Å². The molecule has 0 radical (unpaired) electrons. The highest BCUT2D eigenvalue weighted by atomic mass is 35.5. The molecular formula is C20H17ClFN5. The Kier molecular flexibility index (Phi) is 4.41. The Hall–Kier alpha value is -3.12. The predicted molar refractivity (Wildman–Crippen MR) is 107 cm³/mol. The van der Waals surface area contributed by atoms with Gasteiger partial charge in [-0.05, 0) is 30.7 Å². The van der Waals surface area contributed by atoms with Gasteiger partial charge in [-0.1, -0.05) is 36.7 Å². The van der Waals surface area contributed by atoms with Crippen molar-refractivity contribution >= 4 is 34.4 Å². The van der Waals surface area contributed by atoms with E-state index in [9.17, 15) is 4.39 Å². The van der Waals surface area contributed by atoms with Gasteiger partial charge >= 0.3 is 0 Å². The minimum atomic E-state index is -0.534. The van der Waals surface area contributed by atoms with Gasteiger partial charge in [0.1, 0.15) is 17.2 Å². The maximum absolute atomic E-state index is 14.6. The van der Waals surface area contributed by atoms with Crippen molar-refractivity contribution in [3.63, 3.8) is 0 Å². The van der Waals surface area contributed by atoms with Crippen LogP contribution in [-0.4, -0.2) is 14.4 Å². The molecule has 4 aromatic rings. The molecule has 1 aromatic carbocycles. The predicted octanol–water partition coefficient (Wildman–Crippen LogP) is 5.08. The van der Waals surface area contributed by atoms with Gasteiger partial charge in [0.15, 0.2) is 5.82 Å². The second-order valence-electron chi connectivity index (χ2n) is 6.06. The maximum Gasteiger partial charge on any atom is 0.152 e. The molecule has 7 heteroatoms. The fourth-order valence-electron chi connectivity index (χ4n) is 3.10. The number of nitrogens with zero attached hydrogens (tertiary/aromatic N) is 3. The number of benzene rings is 1. The highest BCUT2D eigenvalue weighted by Crippen LogP contribution is 2.37. The lowest BCUT2D eigenvalue weighted by Crippen LogP contribution is -2.03. The quantitative estimate of drug-likeness (QED) is 0.484. The lowest BCUT2D eigenvalue weighted by molar-refractivity contribution is 0.624. The summed E-state index contributed by atoms with van der Waals surface area (Å²) in [5, 5.41) is 3.52. The monoisotopic (exact) mass is 381 g/mol. The Morgan fingerprint density at radius 2 is 1.96 bits per heavy atom. The zero-order valence-corrected chi connectivity index (χ0v) is 15.3. The third-order valence-electron chi connectivity index (χ3n) is 4.39. The molecule has 0 saturated heterocycles. The third kappa shape index (κ3) is 2.98. The molecule has 0 aliphatic rings. The number of nitrogen functional groups attached to an aromatic ring is 1. The Morgan fingerprint density at radius 3 is 2.70 bits per heavy atom. The average Bonchev–Trinajstić information content (AvgIpc) is 3.02. The number of nitrogens with one attached hydrogen (secondary N) is 1. The van der Waals surface area contributed by atoms with Crippen LogP contribution in [0.25, 0.3) is 16.9 Å². The SMILES string of the molecule is CCc1cccc2nc(-c3c(F)cncc3Cl)c(Nc3ccccc3N)n12. The fourth-order valence-corrected chi connectivity index (χ4v) is 3.34. The number of pyridine rings is 2. The number of aryl methyl sites for hydroxylation is 1. The Bertz CT molecular complexity index is 1120. The first-order valence-electron chi connectivity index (χ1n) is 8.51. The van der Waals surface area contributed by atoms with Crippen LogP contribution in [0.4, 0.5) is 21.6 Å². The highest BCUT2D eigenvalue weighted by Gasteiger charge is 2.22. The van der Waals surface area contributed by atoms with Crippen LogP contribution in [0, 0.1) is 5.82 Å². The molecule has 136 valence electrons. The van der Waals surface area contributed by atoms with E-state index in [1.54, 1.807) is 6.07 Å². The summed E-state index contributed by atoms with van der Waals surface area (Å²) in [7, 11) is 0. The van der Waals surface area contributed by atoms with Gasteiger partial charge in [0.25, 0.3) is 0 Å². The number of fused-ring (bicyclic) bond motifs is 1. The van der Waals surface area contributed by atoms with Gasteiger partial charge in [0.05, 0.1) is 28.2 Å². The Balaban J connectivity index is 2.03. The zero-order chi connectivity index (χ0) is 19.0. The molecule has 3 aromatic heterocycles. The molecule has 0 fully saturated rings. The zero-order valence-electron chi connectivity index (χ0n) is 14.6. The van der Waals surface area contributed by atoms with E-state index in [0.29, 0.717) is 28.5 Å². The molecule has 0 saturated carbocycles. The molecule has 0 aliphatic carbocycles. The average molecular weight is 382 g/mol. The molecule has 3 heterocycles. The van der Waals surface area contributed by atoms with Crippen molar-refractivity contribution in [2.75, 3.05) is 11.1 Å². The van der Waals surface area contributed by atoms with Crippen LogP contribution >= 0.6 is 11.6 Å². The van der Waals surface area contributed by atoms with Crippen molar-refractivity contribution < 1.29 is 4.39 Å². The van der Waals surface area contributed by atoms with E-state index in [0.717, 1.165) is 18.3 Å². The largest absolute Gasteiger partial charge is 0.397 e. The van der Waals surface area contributed by atoms with Gasteiger partial charge in [0.2, 0.25) is 0 Å². The van der Waals surface area contributed by atoms with E-state index in [4.69, 9.17) is 17.3 Å². The Morgan fingerprint density at radius 1 is 1.15 bits per heavy atom. The van der Waals surface area contributed by atoms with Gasteiger partial charge < -0.3 is 11.1 Å². The number of imidazole rings is 1. The highest BCUT2D eigenvalue weighted by molar-refractivity contribution is 6.33. The normalized spacial score (nSPS) is 11.1. The second-order valence-corrected chi connectivity index (χ2v) is 6.47. The lowest BCUT2D eigenvalue weighted by atomic mass is 10.1. The summed E-state index contributed by atoms with van der Waals surface area (Å²) in [6.45, 7) is 2.05. The second kappa shape index (κ2) is 6.89. The summed E-state index contributed by atoms with van der Waals surface area (Å²) in [6.07, 6.45) is 3.32. The van der Waals surface area contributed by atoms with Crippen molar-refractivity contribution in [3.05, 3.63) is 71.4 Å². The van der Waals surface area contributed by atoms with Gasteiger partial charge in [-0.25, -0.2) is 9.37 Å². The molecule has 5 nitrogen and oxygen atoms in total. The van der Waals surface area contributed by atoms with E-state index < -0.39 is 5.82 Å². The molecule has 4 rings (SSSR count). The topological polar surface area (TPSA) is 68.2 Å². The molecule has 0 bridgehead atoms. The summed E-state index contributed by atoms with van der Waals surface area (Å²) in [5.74, 6) is 0.0698. The number of hydrogen-bond donors (Lipinski definition) is 2. The van der Waals surface area contributed by atoms with Crippen molar-refractivity contribution in [1.82, 2.24) is 14.4 Å². The van der Waals surface area contributed by atoms with E-state index in [2.05, 4.69) is 22.2 Å². The summed E-state index contributed by atoms with van der Waals surface area (Å²) < 4.78 is 16.6. The summed E-state index contributed by atoms with van der Waals surface area (Å²) in [4.78, 5) is 8.45. The first kappa shape index (κ1) is 17.3. The van der Waals surface area contributed by atoms with E-state index in [-0.39, 0.29) is 10.6 Å². The van der Waals surface area contributed by atoms with Crippen LogP contribution in [0.5, 0.6) is 0 Å². The minimum Gasteiger partial charge on any atom is -0.397 e. The molecule has 0 spiro atoms. The van der Waals surface area contributed by atoms with Gasteiger partial charge in [-0.3, -0.25) is 9.38 Å². The number of hydrogen-bond acceptors (Lipinski definition) is 4. The van der Waals surface area contributed by atoms with Crippen LogP contribution in [0.15, 0.2) is 54.9 Å². The summed E-state index contributed by atoms with van der Waals surface area (Å²) >= 11 is 6.27. The summed E-state index contributed by atoms with van der Waals surface area (Å²) in [6, 6.07) is 13.2. The van der Waals surface area contributed by atoms with Crippen LogP contribution in [-0.2, 0) is 6.42 Å². The number of halogens is 2. The standard InChI is InChI=1S/C20H17ClFN5/c1-2-12-6-5-9-17-26-19(18-13(21)10-24-11-14(18)22)20(27(12)17)25-16-8-4-3-7-15(16)23/h3-11,25H,2,23H2,1H3. The van der Waals surface area contributed by atoms with E-state index in [1.165, 1.54) is 6.20 Å². The minimum absolute atomic E-state index is 0.195. The van der Waals surface area contributed by atoms with Crippen molar-refractivity contribution in [3.8, 4) is 11.3 Å².